The minimum absolute atomic E-state index is 0.500. The Morgan fingerprint density at radius 2 is 1.82 bits per heavy atom. The third kappa shape index (κ3) is 2.46. The summed E-state index contributed by atoms with van der Waals surface area (Å²) in [6.07, 6.45) is 4.49. The van der Waals surface area contributed by atoms with Crippen LogP contribution >= 0.6 is 0 Å². The maximum absolute atomic E-state index is 8.37. The molecule has 0 aliphatic heterocycles. The van der Waals surface area contributed by atoms with E-state index in [2.05, 4.69) is 15.0 Å². The van der Waals surface area contributed by atoms with E-state index >= 15 is 0 Å². The molecule has 0 saturated carbocycles. The van der Waals surface area contributed by atoms with Crippen molar-refractivity contribution >= 4 is 11.6 Å². The summed E-state index contributed by atoms with van der Waals surface area (Å²) >= 11 is 0. The molecule has 0 aliphatic carbocycles. The van der Waals surface area contributed by atoms with Gasteiger partial charge in [-0.25, -0.2) is 15.0 Å². The van der Waals surface area contributed by atoms with Gasteiger partial charge in [-0.05, 0) is 24.3 Å². The molecule has 2 rings (SSSR count). The molecule has 84 valence electrons. The molecular formula is C11H9N5O. The fourth-order valence-corrected chi connectivity index (χ4v) is 1.31. The Hall–Kier alpha value is -2.68. The predicted octanol–water partition coefficient (Wildman–Crippen LogP) is 1.50. The van der Waals surface area contributed by atoms with Crippen LogP contribution in [0.3, 0.4) is 0 Å². The van der Waals surface area contributed by atoms with Crippen molar-refractivity contribution in [3.05, 3.63) is 36.9 Å². The van der Waals surface area contributed by atoms with Gasteiger partial charge in [0.25, 0.3) is 6.26 Å². The highest BCUT2D eigenvalue weighted by atomic mass is 16.5. The zero-order valence-electron chi connectivity index (χ0n) is 9.11. The average molecular weight is 227 g/mol. The minimum Gasteiger partial charge on any atom is -0.388 e. The molecule has 6 heteroatoms. The molecule has 0 bridgehead atoms. The lowest BCUT2D eigenvalue weighted by atomic mass is 10.3. The van der Waals surface area contributed by atoms with Crippen molar-refractivity contribution in [2.45, 2.75) is 0 Å². The molecular weight excluding hydrogens is 218 g/mol. The quantitative estimate of drug-likeness (QED) is 0.739. The summed E-state index contributed by atoms with van der Waals surface area (Å²) in [4.78, 5) is 13.6. The number of nitrogens with zero attached hydrogens (tertiary/aromatic N) is 5. The van der Waals surface area contributed by atoms with Crippen LogP contribution in [0.15, 0.2) is 36.9 Å². The maximum atomic E-state index is 8.37. The van der Waals surface area contributed by atoms with E-state index in [-0.39, 0.29) is 0 Å². The van der Waals surface area contributed by atoms with E-state index in [0.29, 0.717) is 11.7 Å². The van der Waals surface area contributed by atoms with E-state index < -0.39 is 0 Å². The summed E-state index contributed by atoms with van der Waals surface area (Å²) in [5.74, 6) is 1.05. The number of hydrogen-bond donors (Lipinski definition) is 0. The van der Waals surface area contributed by atoms with Crippen LogP contribution in [-0.4, -0.2) is 22.0 Å². The molecule has 17 heavy (non-hydrogen) atoms. The zero-order valence-corrected chi connectivity index (χ0v) is 9.11. The van der Waals surface area contributed by atoms with Gasteiger partial charge in [-0.2, -0.15) is 0 Å². The number of hydrogen-bond acceptors (Lipinski definition) is 6. The third-order valence-corrected chi connectivity index (χ3v) is 2.17. The Bertz CT molecular complexity index is 520. The second-order valence-electron chi connectivity index (χ2n) is 3.18. The highest BCUT2D eigenvalue weighted by Crippen LogP contribution is 2.22. The smallest absolute Gasteiger partial charge is 0.292 e. The molecule has 0 unspecified atom stereocenters. The monoisotopic (exact) mass is 227 g/mol. The Morgan fingerprint density at radius 1 is 1.18 bits per heavy atom. The first-order chi connectivity index (χ1) is 8.31. The molecule has 1 heterocycles. The molecule has 0 aliphatic rings. The molecule has 0 saturated heterocycles. The molecule has 0 amide bonds. The molecule has 0 fully saturated rings. The van der Waals surface area contributed by atoms with Gasteiger partial charge < -0.3 is 9.64 Å². The van der Waals surface area contributed by atoms with Crippen molar-refractivity contribution in [2.75, 3.05) is 11.9 Å². The van der Waals surface area contributed by atoms with Crippen molar-refractivity contribution < 1.29 is 4.74 Å². The summed E-state index contributed by atoms with van der Waals surface area (Å²) in [7, 11) is 1.84. The largest absolute Gasteiger partial charge is 0.388 e. The van der Waals surface area contributed by atoms with Crippen molar-refractivity contribution in [1.29, 1.82) is 5.26 Å². The zero-order chi connectivity index (χ0) is 12.1. The van der Waals surface area contributed by atoms with E-state index in [1.165, 1.54) is 12.7 Å². The number of ether oxygens (including phenoxy) is 1. The van der Waals surface area contributed by atoms with Crippen LogP contribution in [0.1, 0.15) is 0 Å². The Labute approximate surface area is 98.1 Å². The van der Waals surface area contributed by atoms with Crippen molar-refractivity contribution in [2.24, 2.45) is 0 Å². The van der Waals surface area contributed by atoms with Gasteiger partial charge in [-0.1, -0.05) is 0 Å². The summed E-state index contributed by atoms with van der Waals surface area (Å²) in [5, 5.41) is 8.37. The van der Waals surface area contributed by atoms with E-state index in [1.807, 2.05) is 19.2 Å². The van der Waals surface area contributed by atoms with Crippen LogP contribution in [-0.2, 0) is 0 Å². The highest BCUT2D eigenvalue weighted by Gasteiger charge is 2.06. The van der Waals surface area contributed by atoms with E-state index in [4.69, 9.17) is 10.00 Å². The number of nitriles is 1. The summed E-state index contributed by atoms with van der Waals surface area (Å²) in [5.41, 5.74) is 0.890. The van der Waals surface area contributed by atoms with Gasteiger partial charge in [0, 0.05) is 12.7 Å². The molecule has 1 aromatic heterocycles. The van der Waals surface area contributed by atoms with E-state index in [0.717, 1.165) is 5.69 Å². The lowest BCUT2D eigenvalue weighted by Crippen LogP contribution is -2.12. The molecule has 6 nitrogen and oxygen atoms in total. The van der Waals surface area contributed by atoms with Crippen LogP contribution in [0.5, 0.6) is 5.75 Å². The number of benzene rings is 1. The third-order valence-electron chi connectivity index (χ3n) is 2.17. The van der Waals surface area contributed by atoms with Crippen molar-refractivity contribution in [1.82, 2.24) is 15.0 Å². The second-order valence-corrected chi connectivity index (χ2v) is 3.18. The molecule has 0 radical (unpaired) electrons. The Kier molecular flexibility index (Phi) is 3.12. The van der Waals surface area contributed by atoms with Gasteiger partial charge in [0.2, 0.25) is 5.95 Å². The van der Waals surface area contributed by atoms with Crippen LogP contribution in [0.4, 0.5) is 11.6 Å². The number of aromatic nitrogens is 3. The van der Waals surface area contributed by atoms with Gasteiger partial charge in [0.15, 0.2) is 0 Å². The van der Waals surface area contributed by atoms with Crippen LogP contribution < -0.4 is 9.64 Å². The SMILES string of the molecule is CN(c1ccc(OC#N)cc1)c1ncncn1. The lowest BCUT2D eigenvalue weighted by Gasteiger charge is -2.16. The van der Waals surface area contributed by atoms with Gasteiger partial charge in [-0.3, -0.25) is 0 Å². The van der Waals surface area contributed by atoms with Crippen molar-refractivity contribution in [3.63, 3.8) is 0 Å². The average Bonchev–Trinajstić information content (AvgIpc) is 2.40. The number of anilines is 2. The molecule has 0 spiro atoms. The summed E-state index contributed by atoms with van der Waals surface area (Å²) in [6, 6.07) is 7.04. The normalized spacial score (nSPS) is 9.41. The fraction of sp³-hybridized carbons (Fsp3) is 0.0909. The first kappa shape index (κ1) is 10.8. The predicted molar refractivity (Wildman–Crippen MR) is 60.6 cm³/mol. The van der Waals surface area contributed by atoms with Crippen molar-refractivity contribution in [3.8, 4) is 12.0 Å². The first-order valence-corrected chi connectivity index (χ1v) is 4.83. The maximum Gasteiger partial charge on any atom is 0.292 e. The van der Waals surface area contributed by atoms with Gasteiger partial charge >= 0.3 is 0 Å². The van der Waals surface area contributed by atoms with E-state index in [9.17, 15) is 0 Å². The standard InChI is InChI=1S/C11H9N5O/c1-16(11-14-7-13-8-15-11)9-2-4-10(5-3-9)17-6-12/h2-5,7-8H,1H3. The minimum atomic E-state index is 0.500. The van der Waals surface area contributed by atoms with Gasteiger partial charge in [-0.15, -0.1) is 5.26 Å². The highest BCUT2D eigenvalue weighted by molar-refractivity contribution is 5.56. The summed E-state index contributed by atoms with van der Waals surface area (Å²) in [6.45, 7) is 0. The van der Waals surface area contributed by atoms with Crippen LogP contribution in [0, 0.1) is 11.5 Å². The topological polar surface area (TPSA) is 74.9 Å². The molecule has 0 N–H and O–H groups in total. The van der Waals surface area contributed by atoms with Gasteiger partial charge in [0.1, 0.15) is 18.4 Å². The van der Waals surface area contributed by atoms with Gasteiger partial charge in [0.05, 0.1) is 0 Å². The lowest BCUT2D eigenvalue weighted by molar-refractivity contribution is 0.507. The van der Waals surface area contributed by atoms with E-state index in [1.54, 1.807) is 23.3 Å². The Balaban J connectivity index is 2.21. The molecule has 2 aromatic rings. The molecule has 0 atom stereocenters. The van der Waals surface area contributed by atoms with Crippen LogP contribution in [0.25, 0.3) is 0 Å². The Morgan fingerprint density at radius 3 is 2.41 bits per heavy atom. The number of rotatable bonds is 3. The summed E-state index contributed by atoms with van der Waals surface area (Å²) < 4.78 is 4.69. The van der Waals surface area contributed by atoms with Crippen LogP contribution in [0.2, 0.25) is 0 Å². The first-order valence-electron chi connectivity index (χ1n) is 4.83. The molecule has 1 aromatic carbocycles. The second kappa shape index (κ2) is 4.90. The fourth-order valence-electron chi connectivity index (χ4n) is 1.31.